The summed E-state index contributed by atoms with van der Waals surface area (Å²) in [5, 5.41) is 10.1. The smallest absolute Gasteiger partial charge is 0.353 e. The van der Waals surface area contributed by atoms with E-state index in [4.69, 9.17) is 14.9 Å². The standard InChI is InChI=1S/C23H22N4O6S3/c1-4-32-17-11-14(7-8-16(17)33-21(29)18-6-5-9-34-18)10-15-19(24)27-22(25-20(15)28)35-26-23(27)36(30,31)12-13(2)3/h5-11,13,24H,4,12H2,1-3H3. The van der Waals surface area contributed by atoms with Crippen LogP contribution in [0.5, 0.6) is 11.5 Å². The molecule has 36 heavy (non-hydrogen) atoms. The summed E-state index contributed by atoms with van der Waals surface area (Å²) >= 11 is 2.00. The lowest BCUT2D eigenvalue weighted by molar-refractivity contribution is -0.114. The van der Waals surface area contributed by atoms with Gasteiger partial charge in [0.2, 0.25) is 20.2 Å². The summed E-state index contributed by atoms with van der Waals surface area (Å²) in [7, 11) is -3.80. The van der Waals surface area contributed by atoms with Gasteiger partial charge in [-0.05, 0) is 48.1 Å². The molecule has 2 aliphatic rings. The first kappa shape index (κ1) is 25.8. The van der Waals surface area contributed by atoms with Crippen molar-refractivity contribution in [1.82, 2.24) is 4.90 Å². The first-order valence-corrected chi connectivity index (χ1v) is 14.1. The number of nitrogens with zero attached hydrogens (tertiary/aromatic N) is 3. The Hall–Kier alpha value is -3.29. The van der Waals surface area contributed by atoms with E-state index in [9.17, 15) is 18.0 Å². The van der Waals surface area contributed by atoms with Crippen LogP contribution in [0.1, 0.15) is 36.0 Å². The van der Waals surface area contributed by atoms with Crippen molar-refractivity contribution in [3.8, 4) is 11.5 Å². The van der Waals surface area contributed by atoms with Crippen LogP contribution in [-0.2, 0) is 14.6 Å². The number of rotatable bonds is 7. The predicted octanol–water partition coefficient (Wildman–Crippen LogP) is 4.01. The zero-order valence-electron chi connectivity index (χ0n) is 19.5. The summed E-state index contributed by atoms with van der Waals surface area (Å²) in [6, 6.07) is 8.08. The topological polar surface area (TPSA) is 139 Å². The summed E-state index contributed by atoms with van der Waals surface area (Å²) in [6.07, 6.45) is 1.41. The van der Waals surface area contributed by atoms with Crippen LogP contribution in [0, 0.1) is 11.3 Å². The Morgan fingerprint density at radius 1 is 1.25 bits per heavy atom. The third-order valence-corrected chi connectivity index (χ3v) is 8.43. The third-order valence-electron chi connectivity index (χ3n) is 4.83. The van der Waals surface area contributed by atoms with Crippen LogP contribution in [0.3, 0.4) is 0 Å². The van der Waals surface area contributed by atoms with Crippen molar-refractivity contribution in [3.05, 3.63) is 51.7 Å². The molecular formula is C23H22N4O6S3. The maximum atomic E-state index is 12.8. The third kappa shape index (κ3) is 5.27. The molecule has 1 N–H and O–H groups in total. The van der Waals surface area contributed by atoms with Crippen molar-refractivity contribution in [3.63, 3.8) is 0 Å². The number of ether oxygens (including phenoxy) is 2. The van der Waals surface area contributed by atoms with Crippen molar-refractivity contribution < 1.29 is 27.5 Å². The number of benzene rings is 1. The molecule has 1 amide bonds. The monoisotopic (exact) mass is 546 g/mol. The highest BCUT2D eigenvalue weighted by Gasteiger charge is 2.42. The highest BCUT2D eigenvalue weighted by atomic mass is 32.2. The van der Waals surface area contributed by atoms with E-state index < -0.39 is 21.7 Å². The second kappa shape index (κ2) is 10.4. The van der Waals surface area contributed by atoms with Crippen LogP contribution in [0.4, 0.5) is 0 Å². The van der Waals surface area contributed by atoms with Gasteiger partial charge >= 0.3 is 5.97 Å². The average molecular weight is 547 g/mol. The molecule has 1 aromatic carbocycles. The minimum absolute atomic E-state index is 0.0234. The number of amides is 1. The molecule has 0 saturated carbocycles. The Balaban J connectivity index is 1.65. The molecule has 188 valence electrons. The molecule has 13 heteroatoms. The quantitative estimate of drug-likeness (QED) is 0.238. The second-order valence-electron chi connectivity index (χ2n) is 8.09. The van der Waals surface area contributed by atoms with E-state index in [0.717, 1.165) is 16.8 Å². The molecule has 2 aromatic rings. The van der Waals surface area contributed by atoms with Gasteiger partial charge in [0.15, 0.2) is 11.5 Å². The molecule has 2 aliphatic heterocycles. The van der Waals surface area contributed by atoms with Gasteiger partial charge in [-0.2, -0.15) is 9.39 Å². The van der Waals surface area contributed by atoms with E-state index in [1.54, 1.807) is 50.4 Å². The van der Waals surface area contributed by atoms with Crippen LogP contribution in [-0.4, -0.2) is 53.7 Å². The van der Waals surface area contributed by atoms with Gasteiger partial charge in [0.1, 0.15) is 10.7 Å². The Morgan fingerprint density at radius 3 is 2.69 bits per heavy atom. The van der Waals surface area contributed by atoms with E-state index in [1.807, 2.05) is 0 Å². The highest BCUT2D eigenvalue weighted by Crippen LogP contribution is 2.33. The number of fused-ring (bicyclic) bond motifs is 1. The predicted molar refractivity (Wildman–Crippen MR) is 141 cm³/mol. The van der Waals surface area contributed by atoms with Crippen LogP contribution in [0.25, 0.3) is 6.08 Å². The summed E-state index contributed by atoms with van der Waals surface area (Å²) in [4.78, 5) is 30.5. The number of carbonyl (C=O) groups is 2. The first-order chi connectivity index (χ1) is 17.1. The largest absolute Gasteiger partial charge is 0.490 e. The van der Waals surface area contributed by atoms with Gasteiger partial charge in [-0.1, -0.05) is 26.0 Å². The number of amidine groups is 3. The first-order valence-electron chi connectivity index (χ1n) is 10.8. The van der Waals surface area contributed by atoms with Crippen molar-refractivity contribution in [2.75, 3.05) is 12.4 Å². The van der Waals surface area contributed by atoms with Crippen LogP contribution in [0.2, 0.25) is 0 Å². The van der Waals surface area contributed by atoms with Crippen molar-refractivity contribution in [1.29, 1.82) is 5.41 Å². The SMILES string of the molecule is CCOc1cc(C=C2C(=N)N3C(=NC2=O)SN=C3S(=O)(=O)CC(C)C)ccc1OC(=O)c1cccs1. The Morgan fingerprint density at radius 2 is 2.03 bits per heavy atom. The fourth-order valence-electron chi connectivity index (χ4n) is 3.39. The lowest BCUT2D eigenvalue weighted by Gasteiger charge is -2.24. The summed E-state index contributed by atoms with van der Waals surface area (Å²) in [6.45, 7) is 5.60. The van der Waals surface area contributed by atoms with Crippen LogP contribution < -0.4 is 9.47 Å². The molecule has 10 nitrogen and oxygen atoms in total. The zero-order chi connectivity index (χ0) is 26.0. The van der Waals surface area contributed by atoms with Crippen LogP contribution in [0.15, 0.2) is 50.7 Å². The van der Waals surface area contributed by atoms with Gasteiger partial charge in [0.25, 0.3) is 5.91 Å². The summed E-state index contributed by atoms with van der Waals surface area (Å²) < 4.78 is 40.7. The molecule has 0 spiro atoms. The maximum Gasteiger partial charge on any atom is 0.353 e. The number of hydrogen-bond acceptors (Lipinski definition) is 10. The van der Waals surface area contributed by atoms with E-state index in [1.165, 1.54) is 23.5 Å². The minimum atomic E-state index is -3.80. The van der Waals surface area contributed by atoms with Gasteiger partial charge in [-0.15, -0.1) is 11.3 Å². The summed E-state index contributed by atoms with van der Waals surface area (Å²) in [5.74, 6) is -1.38. The number of nitrogens with one attached hydrogen (secondary N) is 1. The van der Waals surface area contributed by atoms with E-state index in [2.05, 4.69) is 9.39 Å². The van der Waals surface area contributed by atoms with Gasteiger partial charge in [0.05, 0.1) is 29.9 Å². The van der Waals surface area contributed by atoms with Gasteiger partial charge in [0, 0.05) is 0 Å². The highest BCUT2D eigenvalue weighted by molar-refractivity contribution is 8.16. The number of hydrogen-bond donors (Lipinski definition) is 1. The fraction of sp³-hybridized carbons (Fsp3) is 0.261. The second-order valence-corrected chi connectivity index (χ2v) is 11.7. The number of esters is 1. The molecule has 4 rings (SSSR count). The molecule has 0 atom stereocenters. The van der Waals surface area contributed by atoms with Crippen molar-refractivity contribution in [2.45, 2.75) is 20.8 Å². The Labute approximate surface area is 216 Å². The van der Waals surface area contributed by atoms with E-state index >= 15 is 0 Å². The number of carbonyl (C=O) groups excluding carboxylic acids is 2. The maximum absolute atomic E-state index is 12.8. The van der Waals surface area contributed by atoms with Gasteiger partial charge < -0.3 is 9.47 Å². The lowest BCUT2D eigenvalue weighted by atomic mass is 10.1. The molecule has 0 fully saturated rings. The Bertz CT molecular complexity index is 1430. The van der Waals surface area contributed by atoms with Gasteiger partial charge in [-0.3, -0.25) is 10.2 Å². The molecular weight excluding hydrogens is 524 g/mol. The van der Waals surface area contributed by atoms with Crippen molar-refractivity contribution in [2.24, 2.45) is 15.3 Å². The molecule has 0 unspecified atom stereocenters. The number of aliphatic imine (C=N–C) groups is 1. The van der Waals surface area contributed by atoms with Crippen LogP contribution >= 0.6 is 23.3 Å². The fourth-order valence-corrected chi connectivity index (χ4v) is 6.72. The number of sulfone groups is 1. The molecule has 1 aromatic heterocycles. The number of thiophene rings is 1. The minimum Gasteiger partial charge on any atom is -0.490 e. The van der Waals surface area contributed by atoms with E-state index in [-0.39, 0.29) is 44.9 Å². The zero-order valence-corrected chi connectivity index (χ0v) is 22.0. The molecule has 0 radical (unpaired) electrons. The molecule has 0 aliphatic carbocycles. The molecule has 0 saturated heterocycles. The molecule has 3 heterocycles. The van der Waals surface area contributed by atoms with Gasteiger partial charge in [-0.25, -0.2) is 18.1 Å². The normalized spacial score (nSPS) is 16.8. The molecule has 0 bridgehead atoms. The summed E-state index contributed by atoms with van der Waals surface area (Å²) in [5.41, 5.74) is 0.357. The van der Waals surface area contributed by atoms with Crippen molar-refractivity contribution >= 4 is 67.2 Å². The van der Waals surface area contributed by atoms with E-state index in [0.29, 0.717) is 17.0 Å². The Kier molecular flexibility index (Phi) is 7.43. The average Bonchev–Trinajstić information content (AvgIpc) is 3.48. The lowest BCUT2D eigenvalue weighted by Crippen LogP contribution is -2.46.